The minimum atomic E-state index is -1.13. The lowest BCUT2D eigenvalue weighted by Gasteiger charge is -2.15. The fourth-order valence-electron chi connectivity index (χ4n) is 3.22. The van der Waals surface area contributed by atoms with Crippen LogP contribution in [0.1, 0.15) is 57.5 Å². The lowest BCUT2D eigenvalue weighted by molar-refractivity contribution is 0.0698. The van der Waals surface area contributed by atoms with Crippen molar-refractivity contribution in [3.63, 3.8) is 0 Å². The number of hydrogen-bond acceptors (Lipinski definition) is 2. The molecule has 0 aromatic heterocycles. The van der Waals surface area contributed by atoms with Crippen molar-refractivity contribution in [3.8, 4) is 0 Å². The lowest BCUT2D eigenvalue weighted by atomic mass is 9.93. The second kappa shape index (κ2) is 7.75. The van der Waals surface area contributed by atoms with Crippen molar-refractivity contribution < 1.29 is 14.7 Å². The molecular formula is C21H20ClNO3. The van der Waals surface area contributed by atoms with E-state index in [1.807, 2.05) is 18.2 Å². The number of allylic oxidation sites excluding steroid dienone is 2. The van der Waals surface area contributed by atoms with Crippen LogP contribution >= 0.6 is 11.6 Å². The number of amides is 1. The van der Waals surface area contributed by atoms with E-state index in [0.29, 0.717) is 16.1 Å². The van der Waals surface area contributed by atoms with Crippen LogP contribution in [0.15, 0.2) is 42.5 Å². The van der Waals surface area contributed by atoms with Crippen LogP contribution in [-0.4, -0.2) is 17.0 Å². The molecule has 0 spiro atoms. The van der Waals surface area contributed by atoms with Crippen molar-refractivity contribution >= 4 is 34.7 Å². The Bertz CT molecular complexity index is 902. The second-order valence-electron chi connectivity index (χ2n) is 6.46. The first kappa shape index (κ1) is 18.2. The number of aromatic carboxylic acids is 1. The van der Waals surface area contributed by atoms with Gasteiger partial charge >= 0.3 is 5.97 Å². The Morgan fingerprint density at radius 3 is 2.65 bits per heavy atom. The van der Waals surface area contributed by atoms with Crippen LogP contribution in [0, 0.1) is 6.92 Å². The zero-order valence-corrected chi connectivity index (χ0v) is 15.3. The van der Waals surface area contributed by atoms with Crippen molar-refractivity contribution in [2.75, 3.05) is 5.32 Å². The lowest BCUT2D eigenvalue weighted by Crippen LogP contribution is -2.16. The summed E-state index contributed by atoms with van der Waals surface area (Å²) in [6.07, 6.45) is 6.68. The zero-order valence-electron chi connectivity index (χ0n) is 14.5. The average molecular weight is 370 g/mol. The first-order valence-electron chi connectivity index (χ1n) is 8.60. The van der Waals surface area contributed by atoms with E-state index in [1.165, 1.54) is 18.1 Å². The van der Waals surface area contributed by atoms with Gasteiger partial charge in [0.2, 0.25) is 0 Å². The summed E-state index contributed by atoms with van der Waals surface area (Å²) in [4.78, 5) is 24.2. The molecule has 0 fully saturated rings. The minimum absolute atomic E-state index is 0.0190. The average Bonchev–Trinajstić information content (AvgIpc) is 2.64. The topological polar surface area (TPSA) is 66.4 Å². The van der Waals surface area contributed by atoms with E-state index in [0.717, 1.165) is 24.8 Å². The van der Waals surface area contributed by atoms with E-state index in [9.17, 15) is 14.7 Å². The highest BCUT2D eigenvalue weighted by molar-refractivity contribution is 6.31. The number of carbonyl (C=O) groups excluding carboxylic acids is 1. The van der Waals surface area contributed by atoms with Crippen molar-refractivity contribution in [3.05, 3.63) is 69.8 Å². The van der Waals surface area contributed by atoms with Crippen molar-refractivity contribution in [2.45, 2.75) is 32.6 Å². The number of halogens is 1. The molecule has 1 aliphatic rings. The second-order valence-corrected chi connectivity index (χ2v) is 6.90. The Labute approximate surface area is 157 Å². The maximum Gasteiger partial charge on any atom is 0.337 e. The molecule has 0 bridgehead atoms. The molecule has 0 radical (unpaired) electrons. The Balaban J connectivity index is 1.90. The molecule has 2 aromatic carbocycles. The highest BCUT2D eigenvalue weighted by atomic mass is 35.5. The van der Waals surface area contributed by atoms with E-state index in [4.69, 9.17) is 11.6 Å². The van der Waals surface area contributed by atoms with E-state index < -0.39 is 5.97 Å². The number of nitrogens with one attached hydrogen (secondary N) is 1. The largest absolute Gasteiger partial charge is 0.478 e. The van der Waals surface area contributed by atoms with Crippen LogP contribution < -0.4 is 5.32 Å². The van der Waals surface area contributed by atoms with Gasteiger partial charge in [0.1, 0.15) is 0 Å². The van der Waals surface area contributed by atoms with E-state index >= 15 is 0 Å². The van der Waals surface area contributed by atoms with Gasteiger partial charge in [-0.3, -0.25) is 4.79 Å². The third-order valence-electron chi connectivity index (χ3n) is 4.56. The first-order valence-corrected chi connectivity index (χ1v) is 8.98. The summed E-state index contributed by atoms with van der Waals surface area (Å²) in [7, 11) is 0. The maximum absolute atomic E-state index is 12.7. The number of hydrogen-bond donors (Lipinski definition) is 2. The summed E-state index contributed by atoms with van der Waals surface area (Å²) in [5, 5.41) is 12.5. The normalized spacial score (nSPS) is 13.8. The van der Waals surface area contributed by atoms with Gasteiger partial charge in [-0.1, -0.05) is 29.8 Å². The molecule has 0 heterocycles. The van der Waals surface area contributed by atoms with Crippen LogP contribution in [0.25, 0.3) is 5.57 Å². The predicted molar refractivity (Wildman–Crippen MR) is 104 cm³/mol. The summed E-state index contributed by atoms with van der Waals surface area (Å²) >= 11 is 5.94. The van der Waals surface area contributed by atoms with E-state index in [1.54, 1.807) is 19.1 Å². The summed E-state index contributed by atoms with van der Waals surface area (Å²) < 4.78 is 0. The molecule has 134 valence electrons. The molecule has 2 aromatic rings. The van der Waals surface area contributed by atoms with Gasteiger partial charge in [-0.15, -0.1) is 0 Å². The molecule has 4 nitrogen and oxygen atoms in total. The van der Waals surface area contributed by atoms with Crippen LogP contribution in [0.2, 0.25) is 5.02 Å². The highest BCUT2D eigenvalue weighted by Crippen LogP contribution is 2.29. The van der Waals surface area contributed by atoms with Gasteiger partial charge in [0.15, 0.2) is 0 Å². The Kier molecular flexibility index (Phi) is 5.43. The fourth-order valence-corrected chi connectivity index (χ4v) is 3.50. The number of aryl methyl sites for hydroxylation is 1. The summed E-state index contributed by atoms with van der Waals surface area (Å²) in [6.45, 7) is 1.72. The number of rotatable bonds is 4. The summed E-state index contributed by atoms with van der Waals surface area (Å²) in [6, 6.07) is 10.4. The summed E-state index contributed by atoms with van der Waals surface area (Å²) in [5.41, 5.74) is 3.67. The number of anilines is 1. The van der Waals surface area contributed by atoms with E-state index in [-0.39, 0.29) is 17.2 Å². The van der Waals surface area contributed by atoms with Crippen molar-refractivity contribution in [1.29, 1.82) is 0 Å². The van der Waals surface area contributed by atoms with Crippen molar-refractivity contribution in [1.82, 2.24) is 0 Å². The third kappa shape index (κ3) is 3.97. The molecular weight excluding hydrogens is 350 g/mol. The molecule has 1 amide bonds. The molecule has 0 saturated heterocycles. The molecule has 0 unspecified atom stereocenters. The fraction of sp³-hybridized carbons (Fsp3) is 0.238. The molecule has 1 aliphatic carbocycles. The van der Waals surface area contributed by atoms with Gasteiger partial charge in [0.05, 0.1) is 11.3 Å². The quantitative estimate of drug-likeness (QED) is 0.741. The van der Waals surface area contributed by atoms with Gasteiger partial charge in [-0.05, 0) is 73.6 Å². The van der Waals surface area contributed by atoms with Crippen LogP contribution in [-0.2, 0) is 0 Å². The van der Waals surface area contributed by atoms with Gasteiger partial charge in [-0.25, -0.2) is 4.79 Å². The zero-order chi connectivity index (χ0) is 18.7. The number of benzene rings is 2. The highest BCUT2D eigenvalue weighted by Gasteiger charge is 2.17. The standard InChI is InChI=1S/C21H20ClNO3/c1-13-10-17(22)12-18(21(25)26)19(13)23-20(24)16-9-5-8-15(11-16)14-6-3-2-4-7-14/h5-6,8-12H,2-4,7H2,1H3,(H,23,24)(H,25,26). The van der Waals surface area contributed by atoms with Gasteiger partial charge in [0, 0.05) is 10.6 Å². The van der Waals surface area contributed by atoms with Gasteiger partial charge in [0.25, 0.3) is 5.91 Å². The first-order chi connectivity index (χ1) is 12.5. The van der Waals surface area contributed by atoms with Gasteiger partial charge < -0.3 is 10.4 Å². The van der Waals surface area contributed by atoms with Crippen LogP contribution in [0.5, 0.6) is 0 Å². The van der Waals surface area contributed by atoms with Gasteiger partial charge in [-0.2, -0.15) is 0 Å². The predicted octanol–water partition coefficient (Wildman–Crippen LogP) is 5.56. The molecule has 0 saturated carbocycles. The number of carboxylic acids is 1. The minimum Gasteiger partial charge on any atom is -0.478 e. The molecule has 0 atom stereocenters. The van der Waals surface area contributed by atoms with Crippen molar-refractivity contribution in [2.24, 2.45) is 0 Å². The monoisotopic (exact) mass is 369 g/mol. The maximum atomic E-state index is 12.7. The van der Waals surface area contributed by atoms with Crippen LogP contribution in [0.3, 0.4) is 0 Å². The SMILES string of the molecule is Cc1cc(Cl)cc(C(=O)O)c1NC(=O)c1cccc(C2=CCCCC2)c1. The Morgan fingerprint density at radius 1 is 1.15 bits per heavy atom. The smallest absolute Gasteiger partial charge is 0.337 e. The Hall–Kier alpha value is -2.59. The van der Waals surface area contributed by atoms with Crippen LogP contribution in [0.4, 0.5) is 5.69 Å². The number of carboxylic acid groups (broad SMARTS) is 1. The molecule has 2 N–H and O–H groups in total. The Morgan fingerprint density at radius 2 is 1.96 bits per heavy atom. The molecule has 3 rings (SSSR count). The van der Waals surface area contributed by atoms with E-state index in [2.05, 4.69) is 11.4 Å². The summed E-state index contributed by atoms with van der Waals surface area (Å²) in [5.74, 6) is -1.47. The third-order valence-corrected chi connectivity index (χ3v) is 4.77. The molecule has 26 heavy (non-hydrogen) atoms. The molecule has 0 aliphatic heterocycles. The number of carbonyl (C=O) groups is 2. The molecule has 5 heteroatoms.